The van der Waals surface area contributed by atoms with Crippen molar-refractivity contribution in [1.29, 1.82) is 5.26 Å². The van der Waals surface area contributed by atoms with Crippen molar-refractivity contribution in [1.82, 2.24) is 4.98 Å². The smallest absolute Gasteiger partial charge is 0.239 e. The van der Waals surface area contributed by atoms with Crippen molar-refractivity contribution in [3.8, 4) is 6.07 Å². The van der Waals surface area contributed by atoms with Crippen molar-refractivity contribution in [3.63, 3.8) is 0 Å². The van der Waals surface area contributed by atoms with E-state index in [9.17, 15) is 17.2 Å². The standard InChI is InChI=1S/C13H9F2N3O2S/c14-12-6-5-11(13(15)17-12)18-21(19,20)8-10-3-1-9(7-16)2-4-10/h1-6,18H,8H2. The van der Waals surface area contributed by atoms with Crippen molar-refractivity contribution in [3.05, 3.63) is 59.4 Å². The summed E-state index contributed by atoms with van der Waals surface area (Å²) in [6, 6.07) is 9.63. The number of aromatic nitrogens is 1. The van der Waals surface area contributed by atoms with Crippen LogP contribution in [0.15, 0.2) is 36.4 Å². The number of hydrogen-bond donors (Lipinski definition) is 1. The molecule has 108 valence electrons. The molecular weight excluding hydrogens is 300 g/mol. The van der Waals surface area contributed by atoms with Crippen LogP contribution >= 0.6 is 0 Å². The second kappa shape index (κ2) is 5.85. The molecule has 1 aromatic heterocycles. The van der Waals surface area contributed by atoms with Gasteiger partial charge in [0.15, 0.2) is 0 Å². The van der Waals surface area contributed by atoms with Crippen molar-refractivity contribution >= 4 is 15.7 Å². The summed E-state index contributed by atoms with van der Waals surface area (Å²) in [5.41, 5.74) is 0.403. The van der Waals surface area contributed by atoms with Crippen molar-refractivity contribution < 1.29 is 17.2 Å². The fourth-order valence-corrected chi connectivity index (χ4v) is 2.78. The predicted molar refractivity (Wildman–Crippen MR) is 71.6 cm³/mol. The van der Waals surface area contributed by atoms with Gasteiger partial charge in [-0.05, 0) is 29.8 Å². The lowest BCUT2D eigenvalue weighted by Gasteiger charge is -2.08. The summed E-state index contributed by atoms with van der Waals surface area (Å²) in [6.45, 7) is 0. The lowest BCUT2D eigenvalue weighted by Crippen LogP contribution is -2.16. The highest BCUT2D eigenvalue weighted by molar-refractivity contribution is 7.91. The highest BCUT2D eigenvalue weighted by atomic mass is 32.2. The SMILES string of the molecule is N#Cc1ccc(CS(=O)(=O)Nc2ccc(F)nc2F)cc1. The number of nitrogens with zero attached hydrogens (tertiary/aromatic N) is 2. The van der Waals surface area contributed by atoms with E-state index in [1.165, 1.54) is 24.3 Å². The van der Waals surface area contributed by atoms with E-state index < -0.39 is 33.4 Å². The average Bonchev–Trinajstić information content (AvgIpc) is 2.42. The molecule has 0 bridgehead atoms. The van der Waals surface area contributed by atoms with Gasteiger partial charge in [0.05, 0.1) is 17.4 Å². The molecule has 2 aromatic rings. The molecule has 8 heteroatoms. The minimum atomic E-state index is -3.88. The van der Waals surface area contributed by atoms with E-state index in [1.54, 1.807) is 0 Å². The zero-order valence-electron chi connectivity index (χ0n) is 10.5. The van der Waals surface area contributed by atoms with Gasteiger partial charge in [-0.1, -0.05) is 12.1 Å². The van der Waals surface area contributed by atoms with Gasteiger partial charge in [-0.3, -0.25) is 4.72 Å². The van der Waals surface area contributed by atoms with E-state index in [0.717, 1.165) is 12.1 Å². The molecule has 0 aliphatic carbocycles. The zero-order valence-corrected chi connectivity index (χ0v) is 11.4. The summed E-state index contributed by atoms with van der Waals surface area (Å²) in [5.74, 6) is -2.68. The molecule has 0 aliphatic rings. The topological polar surface area (TPSA) is 82.8 Å². The first-order valence-electron chi connectivity index (χ1n) is 5.71. The first-order chi connectivity index (χ1) is 9.89. The maximum absolute atomic E-state index is 13.3. The van der Waals surface area contributed by atoms with Crippen LogP contribution in [0.1, 0.15) is 11.1 Å². The lowest BCUT2D eigenvalue weighted by atomic mass is 10.2. The third kappa shape index (κ3) is 3.97. The van der Waals surface area contributed by atoms with Crippen LogP contribution in [0.2, 0.25) is 0 Å². The van der Waals surface area contributed by atoms with Crippen LogP contribution in [-0.4, -0.2) is 13.4 Å². The van der Waals surface area contributed by atoms with Gasteiger partial charge in [-0.2, -0.15) is 19.0 Å². The number of sulfonamides is 1. The van der Waals surface area contributed by atoms with Gasteiger partial charge in [-0.25, -0.2) is 8.42 Å². The molecule has 5 nitrogen and oxygen atoms in total. The van der Waals surface area contributed by atoms with E-state index in [-0.39, 0.29) is 0 Å². The molecule has 1 heterocycles. The van der Waals surface area contributed by atoms with Gasteiger partial charge >= 0.3 is 0 Å². The molecule has 0 fully saturated rings. The van der Waals surface area contributed by atoms with Gasteiger partial charge in [0.2, 0.25) is 21.9 Å². The number of nitriles is 1. The molecular formula is C13H9F2N3O2S. The van der Waals surface area contributed by atoms with Crippen LogP contribution in [0.3, 0.4) is 0 Å². The minimum absolute atomic E-state index is 0.401. The Labute approximate surface area is 119 Å². The Hall–Kier alpha value is -2.53. The molecule has 0 radical (unpaired) electrons. The molecule has 0 amide bonds. The molecule has 0 atom stereocenters. The molecule has 0 unspecified atom stereocenters. The maximum Gasteiger partial charge on any atom is 0.239 e. The summed E-state index contributed by atoms with van der Waals surface area (Å²) >= 11 is 0. The quantitative estimate of drug-likeness (QED) is 0.877. The number of anilines is 1. The van der Waals surface area contributed by atoms with Crippen molar-refractivity contribution in [2.75, 3.05) is 4.72 Å². The monoisotopic (exact) mass is 309 g/mol. The van der Waals surface area contributed by atoms with E-state index in [2.05, 4.69) is 4.98 Å². The number of nitrogens with one attached hydrogen (secondary N) is 1. The van der Waals surface area contributed by atoms with E-state index in [1.807, 2.05) is 10.8 Å². The fourth-order valence-electron chi connectivity index (χ4n) is 1.59. The first-order valence-corrected chi connectivity index (χ1v) is 7.36. The lowest BCUT2D eigenvalue weighted by molar-refractivity contribution is 0.515. The van der Waals surface area contributed by atoms with Crippen LogP contribution in [0.4, 0.5) is 14.5 Å². The molecule has 1 N–H and O–H groups in total. The van der Waals surface area contributed by atoms with Gasteiger partial charge in [-0.15, -0.1) is 0 Å². The Morgan fingerprint density at radius 3 is 2.38 bits per heavy atom. The highest BCUT2D eigenvalue weighted by Gasteiger charge is 2.15. The summed E-state index contributed by atoms with van der Waals surface area (Å²) in [7, 11) is -3.88. The van der Waals surface area contributed by atoms with Gasteiger partial charge < -0.3 is 0 Å². The summed E-state index contributed by atoms with van der Waals surface area (Å²) < 4.78 is 51.7. The predicted octanol–water partition coefficient (Wildman–Crippen LogP) is 2.17. The first kappa shape index (κ1) is 14.9. The second-order valence-electron chi connectivity index (χ2n) is 4.14. The Bertz CT molecular complexity index is 799. The minimum Gasteiger partial charge on any atom is -0.279 e. The molecule has 0 spiro atoms. The third-order valence-corrected chi connectivity index (χ3v) is 3.76. The van der Waals surface area contributed by atoms with Crippen LogP contribution in [-0.2, 0) is 15.8 Å². The van der Waals surface area contributed by atoms with E-state index in [4.69, 9.17) is 5.26 Å². The summed E-state index contributed by atoms with van der Waals surface area (Å²) in [4.78, 5) is 2.89. The zero-order chi connectivity index (χ0) is 15.5. The van der Waals surface area contributed by atoms with Gasteiger partial charge in [0.1, 0.15) is 5.69 Å². The van der Waals surface area contributed by atoms with Gasteiger partial charge in [0, 0.05) is 0 Å². The van der Waals surface area contributed by atoms with E-state index in [0.29, 0.717) is 11.1 Å². The highest BCUT2D eigenvalue weighted by Crippen LogP contribution is 2.16. The van der Waals surface area contributed by atoms with Crippen molar-refractivity contribution in [2.45, 2.75) is 5.75 Å². The number of pyridine rings is 1. The average molecular weight is 309 g/mol. The van der Waals surface area contributed by atoms with Crippen LogP contribution < -0.4 is 4.72 Å². The number of halogens is 2. The normalized spacial score (nSPS) is 10.9. The Morgan fingerprint density at radius 1 is 1.14 bits per heavy atom. The number of hydrogen-bond acceptors (Lipinski definition) is 4. The van der Waals surface area contributed by atoms with Gasteiger partial charge in [0.25, 0.3) is 0 Å². The largest absolute Gasteiger partial charge is 0.279 e. The van der Waals surface area contributed by atoms with Crippen LogP contribution in [0.25, 0.3) is 0 Å². The summed E-state index contributed by atoms with van der Waals surface area (Å²) in [6.07, 6.45) is 0. The Kier molecular flexibility index (Phi) is 4.14. The molecule has 1 aromatic carbocycles. The molecule has 0 aliphatic heterocycles. The molecule has 21 heavy (non-hydrogen) atoms. The number of rotatable bonds is 4. The summed E-state index contributed by atoms with van der Waals surface area (Å²) in [5, 5.41) is 8.65. The van der Waals surface area contributed by atoms with E-state index >= 15 is 0 Å². The second-order valence-corrected chi connectivity index (χ2v) is 5.86. The molecule has 0 saturated heterocycles. The Morgan fingerprint density at radius 2 is 1.81 bits per heavy atom. The number of benzene rings is 1. The van der Waals surface area contributed by atoms with Crippen LogP contribution in [0, 0.1) is 23.2 Å². The Balaban J connectivity index is 2.16. The maximum atomic E-state index is 13.3. The molecule has 2 rings (SSSR count). The van der Waals surface area contributed by atoms with Crippen molar-refractivity contribution in [2.24, 2.45) is 0 Å². The third-order valence-electron chi connectivity index (χ3n) is 2.52. The molecule has 0 saturated carbocycles. The van der Waals surface area contributed by atoms with Crippen LogP contribution in [0.5, 0.6) is 0 Å². The fraction of sp³-hybridized carbons (Fsp3) is 0.0769.